The molecule has 0 aliphatic carbocycles. The molecule has 0 aromatic rings. The van der Waals surface area contributed by atoms with Crippen molar-refractivity contribution >= 4 is 18.4 Å². The highest BCUT2D eigenvalue weighted by Crippen LogP contribution is 1.93. The molecule has 0 bridgehead atoms. The Balaban J connectivity index is 2.56. The van der Waals surface area contributed by atoms with Crippen molar-refractivity contribution in [1.82, 2.24) is 0 Å². The second-order valence-electron chi connectivity index (χ2n) is 1.67. The average Bonchev–Trinajstić information content (AvgIpc) is 1.90. The molecule has 0 radical (unpaired) electrons. The van der Waals surface area contributed by atoms with Gasteiger partial charge >= 0.3 is 5.97 Å². The summed E-state index contributed by atoms with van der Waals surface area (Å²) in [7, 11) is 0. The van der Waals surface area contributed by atoms with Gasteiger partial charge in [0.05, 0.1) is 6.54 Å². The Bertz CT molecular complexity index is 174. The van der Waals surface area contributed by atoms with Crippen LogP contribution in [0.4, 0.5) is 0 Å². The fourth-order valence-electron chi connectivity index (χ4n) is 0.539. The van der Waals surface area contributed by atoms with Crippen LogP contribution in [-0.2, 0) is 4.79 Å². The highest BCUT2D eigenvalue weighted by molar-refractivity contribution is 6.17. The third-order valence-electron chi connectivity index (χ3n) is 1.00. The number of rotatable bonds is 1. The third kappa shape index (κ3) is 1.35. The number of carboxylic acid groups (broad SMARTS) is 1. The topological polar surface area (TPSA) is 62.0 Å². The zero-order chi connectivity index (χ0) is 6.69. The lowest BCUT2D eigenvalue weighted by Gasteiger charge is -2.04. The standard InChI is InChI=1S/C5H6N2O2/c8-5(9)4-3-6-1-2-7-4/h1-2,4H,3H2,(H,8,9). The van der Waals surface area contributed by atoms with Gasteiger partial charge < -0.3 is 5.11 Å². The molecule has 0 aromatic heterocycles. The highest BCUT2D eigenvalue weighted by atomic mass is 16.4. The lowest BCUT2D eigenvalue weighted by molar-refractivity contribution is -0.138. The summed E-state index contributed by atoms with van der Waals surface area (Å²) in [5.74, 6) is -0.914. The molecular weight excluding hydrogens is 120 g/mol. The molecule has 1 N–H and O–H groups in total. The summed E-state index contributed by atoms with van der Waals surface area (Å²) in [5, 5.41) is 8.35. The number of hydrogen-bond acceptors (Lipinski definition) is 3. The van der Waals surface area contributed by atoms with Gasteiger partial charge in [-0.15, -0.1) is 0 Å². The van der Waals surface area contributed by atoms with E-state index in [1.165, 1.54) is 12.4 Å². The Kier molecular flexibility index (Phi) is 1.58. The highest BCUT2D eigenvalue weighted by Gasteiger charge is 2.14. The number of aliphatic carboxylic acids is 1. The van der Waals surface area contributed by atoms with Crippen molar-refractivity contribution in [2.75, 3.05) is 6.54 Å². The van der Waals surface area contributed by atoms with E-state index in [0.717, 1.165) is 0 Å². The normalized spacial score (nSPS) is 24.2. The lowest BCUT2D eigenvalue weighted by atomic mass is 10.3. The average molecular weight is 126 g/mol. The van der Waals surface area contributed by atoms with E-state index < -0.39 is 12.0 Å². The minimum atomic E-state index is -0.914. The Labute approximate surface area is 51.9 Å². The van der Waals surface area contributed by atoms with Crippen molar-refractivity contribution < 1.29 is 9.90 Å². The molecule has 0 spiro atoms. The van der Waals surface area contributed by atoms with E-state index in [1.807, 2.05) is 0 Å². The first-order valence-electron chi connectivity index (χ1n) is 2.55. The van der Waals surface area contributed by atoms with Crippen molar-refractivity contribution in [2.24, 2.45) is 9.98 Å². The number of hydrogen-bond donors (Lipinski definition) is 1. The third-order valence-corrected chi connectivity index (χ3v) is 1.00. The van der Waals surface area contributed by atoms with Crippen molar-refractivity contribution in [3.05, 3.63) is 0 Å². The number of carboxylic acids is 1. The van der Waals surface area contributed by atoms with Crippen LogP contribution < -0.4 is 0 Å². The molecular formula is C5H6N2O2. The summed E-state index contributed by atoms with van der Waals surface area (Å²) in [4.78, 5) is 17.5. The van der Waals surface area contributed by atoms with E-state index in [-0.39, 0.29) is 6.54 Å². The Morgan fingerprint density at radius 3 is 2.78 bits per heavy atom. The first-order valence-corrected chi connectivity index (χ1v) is 2.55. The van der Waals surface area contributed by atoms with Gasteiger partial charge in [0.2, 0.25) is 0 Å². The number of nitrogens with zero attached hydrogens (tertiary/aromatic N) is 2. The van der Waals surface area contributed by atoms with E-state index in [2.05, 4.69) is 9.98 Å². The Hall–Kier alpha value is -1.19. The molecule has 0 aromatic carbocycles. The molecule has 4 heteroatoms. The minimum Gasteiger partial charge on any atom is -0.480 e. The van der Waals surface area contributed by atoms with Crippen LogP contribution in [0.3, 0.4) is 0 Å². The van der Waals surface area contributed by atoms with Gasteiger partial charge in [0.15, 0.2) is 6.04 Å². The van der Waals surface area contributed by atoms with Crippen LogP contribution >= 0.6 is 0 Å². The number of carbonyl (C=O) groups is 1. The summed E-state index contributed by atoms with van der Waals surface area (Å²) in [6.07, 6.45) is 2.90. The molecule has 0 amide bonds. The maximum atomic E-state index is 10.2. The van der Waals surface area contributed by atoms with Gasteiger partial charge in [0.25, 0.3) is 0 Å². The predicted octanol–water partition coefficient (Wildman–Crippen LogP) is -0.405. The molecule has 48 valence electrons. The summed E-state index contributed by atoms with van der Waals surface area (Å²) < 4.78 is 0. The van der Waals surface area contributed by atoms with Crippen molar-refractivity contribution in [2.45, 2.75) is 6.04 Å². The fraction of sp³-hybridized carbons (Fsp3) is 0.400. The van der Waals surface area contributed by atoms with Crippen molar-refractivity contribution in [1.29, 1.82) is 0 Å². The Morgan fingerprint density at radius 1 is 1.67 bits per heavy atom. The molecule has 4 nitrogen and oxygen atoms in total. The summed E-state index contributed by atoms with van der Waals surface area (Å²) in [6.45, 7) is 0.270. The molecule has 0 saturated heterocycles. The van der Waals surface area contributed by atoms with Crippen molar-refractivity contribution in [3.8, 4) is 0 Å². The van der Waals surface area contributed by atoms with Crippen LogP contribution in [0.2, 0.25) is 0 Å². The van der Waals surface area contributed by atoms with Crippen LogP contribution in [0.1, 0.15) is 0 Å². The van der Waals surface area contributed by atoms with E-state index in [1.54, 1.807) is 0 Å². The number of aliphatic imine (C=N–C) groups is 2. The van der Waals surface area contributed by atoms with Gasteiger partial charge in [0.1, 0.15) is 0 Å². The van der Waals surface area contributed by atoms with Crippen LogP contribution in [0.15, 0.2) is 9.98 Å². The molecule has 1 atom stereocenters. The molecule has 9 heavy (non-hydrogen) atoms. The lowest BCUT2D eigenvalue weighted by Crippen LogP contribution is -2.23. The van der Waals surface area contributed by atoms with Crippen LogP contribution in [0.5, 0.6) is 0 Å². The molecule has 1 rings (SSSR count). The van der Waals surface area contributed by atoms with Crippen LogP contribution in [-0.4, -0.2) is 36.1 Å². The maximum absolute atomic E-state index is 10.2. The smallest absolute Gasteiger partial charge is 0.330 e. The summed E-state index contributed by atoms with van der Waals surface area (Å²) in [5.41, 5.74) is 0. The van der Waals surface area contributed by atoms with Crippen LogP contribution in [0, 0.1) is 0 Å². The first-order chi connectivity index (χ1) is 4.30. The molecule has 0 fully saturated rings. The predicted molar refractivity (Wildman–Crippen MR) is 33.3 cm³/mol. The maximum Gasteiger partial charge on any atom is 0.330 e. The van der Waals surface area contributed by atoms with Gasteiger partial charge in [-0.05, 0) is 0 Å². The summed E-state index contributed by atoms with van der Waals surface area (Å²) >= 11 is 0. The Morgan fingerprint density at radius 2 is 2.44 bits per heavy atom. The monoisotopic (exact) mass is 126 g/mol. The second-order valence-corrected chi connectivity index (χ2v) is 1.67. The molecule has 0 saturated carbocycles. The molecule has 1 aliphatic rings. The molecule has 1 heterocycles. The van der Waals surface area contributed by atoms with E-state index >= 15 is 0 Å². The summed E-state index contributed by atoms with van der Waals surface area (Å²) in [6, 6.07) is -0.657. The molecule has 1 unspecified atom stereocenters. The SMILES string of the molecule is O=C(O)C1CN=CC=N1. The van der Waals surface area contributed by atoms with Gasteiger partial charge in [0, 0.05) is 12.4 Å². The van der Waals surface area contributed by atoms with Gasteiger partial charge in [-0.1, -0.05) is 0 Å². The van der Waals surface area contributed by atoms with E-state index in [0.29, 0.717) is 0 Å². The van der Waals surface area contributed by atoms with E-state index in [9.17, 15) is 4.79 Å². The fourth-order valence-corrected chi connectivity index (χ4v) is 0.539. The van der Waals surface area contributed by atoms with E-state index in [4.69, 9.17) is 5.11 Å². The first kappa shape index (κ1) is 5.94. The zero-order valence-electron chi connectivity index (χ0n) is 4.69. The zero-order valence-corrected chi connectivity index (χ0v) is 4.69. The van der Waals surface area contributed by atoms with Gasteiger partial charge in [-0.2, -0.15) is 0 Å². The minimum absolute atomic E-state index is 0.270. The van der Waals surface area contributed by atoms with Crippen LogP contribution in [0.25, 0.3) is 0 Å². The quantitative estimate of drug-likeness (QED) is 0.519. The van der Waals surface area contributed by atoms with Gasteiger partial charge in [-0.25, -0.2) is 4.79 Å². The molecule has 1 aliphatic heterocycles. The van der Waals surface area contributed by atoms with Crippen molar-refractivity contribution in [3.63, 3.8) is 0 Å². The largest absolute Gasteiger partial charge is 0.480 e. The van der Waals surface area contributed by atoms with Gasteiger partial charge in [-0.3, -0.25) is 9.98 Å². The second kappa shape index (κ2) is 2.39.